The van der Waals surface area contributed by atoms with Crippen molar-refractivity contribution in [2.45, 2.75) is 5.92 Å². The highest BCUT2D eigenvalue weighted by Gasteiger charge is 2.46. The zero-order valence-electron chi connectivity index (χ0n) is 19.4. The van der Waals surface area contributed by atoms with Gasteiger partial charge < -0.3 is 35.3 Å². The van der Waals surface area contributed by atoms with Crippen LogP contribution in [0.15, 0.2) is 30.0 Å². The number of anilines is 2. The lowest BCUT2D eigenvalue weighted by Gasteiger charge is -2.33. The van der Waals surface area contributed by atoms with Crippen molar-refractivity contribution in [2.24, 2.45) is 0 Å². The smallest absolute Gasteiger partial charge is 0.182 e. The van der Waals surface area contributed by atoms with Gasteiger partial charge in [0.2, 0.25) is 0 Å². The number of allylic oxidation sites excluding steroid dienone is 2. The summed E-state index contributed by atoms with van der Waals surface area (Å²) in [6, 6.07) is 5.32. The van der Waals surface area contributed by atoms with Crippen LogP contribution in [0.25, 0.3) is 5.57 Å². The summed E-state index contributed by atoms with van der Waals surface area (Å²) < 4.78 is 0. The van der Waals surface area contributed by atoms with Gasteiger partial charge in [-0.25, -0.2) is 0 Å². The molecule has 2 aromatic carbocycles. The molecule has 0 aromatic heterocycles. The SMILES string of the molecule is O=C1C(c2c(O)cc(O)cc2N(CCS)CCS)=C(O)C1c1c(O)cc(N(CCS)CCS)cc1O. The summed E-state index contributed by atoms with van der Waals surface area (Å²) in [5.74, 6) is -1.60. The average molecular weight is 571 g/mol. The van der Waals surface area contributed by atoms with Crippen molar-refractivity contribution >= 4 is 73.2 Å². The minimum atomic E-state index is -1.30. The van der Waals surface area contributed by atoms with Gasteiger partial charge in [0, 0.05) is 79.1 Å². The highest BCUT2D eigenvalue weighted by molar-refractivity contribution is 7.80. The largest absolute Gasteiger partial charge is 0.510 e. The van der Waals surface area contributed by atoms with E-state index >= 15 is 0 Å². The van der Waals surface area contributed by atoms with Gasteiger partial charge in [-0.15, -0.1) is 0 Å². The third kappa shape index (κ3) is 5.56. The first kappa shape index (κ1) is 28.4. The van der Waals surface area contributed by atoms with Gasteiger partial charge in [-0.1, -0.05) is 0 Å². The second-order valence-electron chi connectivity index (χ2n) is 8.18. The van der Waals surface area contributed by atoms with Gasteiger partial charge in [0.15, 0.2) is 5.78 Å². The van der Waals surface area contributed by atoms with Crippen molar-refractivity contribution in [3.05, 3.63) is 41.2 Å². The molecule has 1 aliphatic carbocycles. The summed E-state index contributed by atoms with van der Waals surface area (Å²) in [6.07, 6.45) is 0. The van der Waals surface area contributed by atoms with Crippen LogP contribution >= 0.6 is 50.5 Å². The van der Waals surface area contributed by atoms with Crippen LogP contribution < -0.4 is 9.80 Å². The van der Waals surface area contributed by atoms with E-state index in [4.69, 9.17) is 0 Å². The third-order valence-corrected chi connectivity index (χ3v) is 6.76. The summed E-state index contributed by atoms with van der Waals surface area (Å²) in [5, 5.41) is 53.2. The molecule has 0 fully saturated rings. The first-order valence-electron chi connectivity index (χ1n) is 11.2. The lowest BCUT2D eigenvalue weighted by atomic mass is 9.73. The average Bonchev–Trinajstić information content (AvgIpc) is 2.82. The zero-order valence-corrected chi connectivity index (χ0v) is 22.9. The number of aliphatic hydroxyl groups excluding tert-OH is 1. The molecule has 12 heteroatoms. The predicted octanol–water partition coefficient (Wildman–Crippen LogP) is 3.48. The standard InChI is InChI=1S/C24H30N2O6S4/c27-14-11-15(26(3-7-35)4-8-36)19(18(30)12-14)21-23(31)22(24(21)32)20-16(28)9-13(10-17(20)29)25(1-5-33)2-6-34/h9-12,22,27-31,33-36H,1-8H2. The lowest BCUT2D eigenvalue weighted by molar-refractivity contribution is -0.116. The van der Waals surface area contributed by atoms with Crippen molar-refractivity contribution in [1.82, 2.24) is 0 Å². The molecule has 0 saturated carbocycles. The Balaban J connectivity index is 2.09. The molecule has 8 nitrogen and oxygen atoms in total. The number of Topliss-reactive ketones (excluding diaryl/α,β-unsaturated/α-hetero) is 1. The van der Waals surface area contributed by atoms with Gasteiger partial charge in [-0.05, 0) is 0 Å². The molecule has 0 amide bonds. The number of thiol groups is 4. The van der Waals surface area contributed by atoms with Crippen LogP contribution in [-0.2, 0) is 4.79 Å². The van der Waals surface area contributed by atoms with Gasteiger partial charge >= 0.3 is 0 Å². The van der Waals surface area contributed by atoms with Crippen LogP contribution in [0.2, 0.25) is 0 Å². The molecule has 36 heavy (non-hydrogen) atoms. The Morgan fingerprint density at radius 3 is 1.67 bits per heavy atom. The molecule has 0 saturated heterocycles. The van der Waals surface area contributed by atoms with E-state index in [1.807, 2.05) is 4.90 Å². The Labute approximate surface area is 231 Å². The Hall–Kier alpha value is -2.15. The molecule has 0 aliphatic heterocycles. The zero-order chi connectivity index (χ0) is 26.6. The van der Waals surface area contributed by atoms with Crippen molar-refractivity contribution in [2.75, 3.05) is 59.0 Å². The molecule has 1 unspecified atom stereocenters. The van der Waals surface area contributed by atoms with E-state index in [1.54, 1.807) is 4.90 Å². The van der Waals surface area contributed by atoms with Crippen molar-refractivity contribution in [1.29, 1.82) is 0 Å². The normalized spacial score (nSPS) is 15.2. The minimum Gasteiger partial charge on any atom is -0.510 e. The monoisotopic (exact) mass is 570 g/mol. The van der Waals surface area contributed by atoms with Crippen LogP contribution in [0.4, 0.5) is 11.4 Å². The quantitative estimate of drug-likeness (QED) is 0.178. The van der Waals surface area contributed by atoms with Crippen LogP contribution in [0.1, 0.15) is 17.0 Å². The first-order chi connectivity index (χ1) is 17.2. The number of carbonyl (C=O) groups is 1. The summed E-state index contributed by atoms with van der Waals surface area (Å²) in [6.45, 7) is 1.97. The third-order valence-electron chi connectivity index (χ3n) is 5.96. The Morgan fingerprint density at radius 2 is 1.19 bits per heavy atom. The number of ketones is 1. The van der Waals surface area contributed by atoms with Gasteiger partial charge in [0.1, 0.15) is 34.7 Å². The molecule has 0 heterocycles. The maximum Gasteiger partial charge on any atom is 0.182 e. The summed E-state index contributed by atoms with van der Waals surface area (Å²) >= 11 is 17.0. The van der Waals surface area contributed by atoms with Gasteiger partial charge in [0.05, 0.1) is 22.4 Å². The van der Waals surface area contributed by atoms with Gasteiger partial charge in [0.25, 0.3) is 0 Å². The van der Waals surface area contributed by atoms with Crippen molar-refractivity contribution < 1.29 is 30.3 Å². The molecule has 196 valence electrons. The highest BCUT2D eigenvalue weighted by atomic mass is 32.1. The fourth-order valence-corrected chi connectivity index (χ4v) is 5.34. The molecule has 0 bridgehead atoms. The van der Waals surface area contributed by atoms with E-state index in [9.17, 15) is 30.3 Å². The molecule has 5 N–H and O–H groups in total. The molecule has 0 radical (unpaired) electrons. The molecule has 1 aliphatic rings. The van der Waals surface area contributed by atoms with Crippen LogP contribution in [0, 0.1) is 0 Å². The summed E-state index contributed by atoms with van der Waals surface area (Å²) in [4.78, 5) is 17.0. The number of hydrogen-bond acceptors (Lipinski definition) is 12. The van der Waals surface area contributed by atoms with E-state index in [0.717, 1.165) is 6.07 Å². The second-order valence-corrected chi connectivity index (χ2v) is 9.97. The summed E-state index contributed by atoms with van der Waals surface area (Å²) in [5.41, 5.74) is 0.649. The fraction of sp³-hybridized carbons (Fsp3) is 0.375. The Kier molecular flexibility index (Phi) is 9.79. The fourth-order valence-electron chi connectivity index (χ4n) is 4.38. The number of hydrogen-bond donors (Lipinski definition) is 9. The maximum absolute atomic E-state index is 13.3. The van der Waals surface area contributed by atoms with E-state index in [2.05, 4.69) is 50.5 Å². The van der Waals surface area contributed by atoms with Crippen molar-refractivity contribution in [3.8, 4) is 23.0 Å². The van der Waals surface area contributed by atoms with E-state index in [0.29, 0.717) is 60.6 Å². The van der Waals surface area contributed by atoms with Gasteiger partial charge in [-0.3, -0.25) is 4.79 Å². The molecule has 0 spiro atoms. The number of phenolic OH excluding ortho intramolecular Hbond substituents is 4. The van der Waals surface area contributed by atoms with E-state index in [1.165, 1.54) is 18.2 Å². The molecule has 3 rings (SSSR count). The molecular weight excluding hydrogens is 541 g/mol. The van der Waals surface area contributed by atoms with E-state index in [-0.39, 0.29) is 39.7 Å². The second kappa shape index (κ2) is 12.4. The topological polar surface area (TPSA) is 125 Å². The van der Waals surface area contributed by atoms with E-state index < -0.39 is 17.5 Å². The van der Waals surface area contributed by atoms with Gasteiger partial charge in [-0.2, -0.15) is 50.5 Å². The van der Waals surface area contributed by atoms with Crippen molar-refractivity contribution in [3.63, 3.8) is 0 Å². The Bertz CT molecular complexity index is 1120. The number of nitrogens with zero attached hydrogens (tertiary/aromatic N) is 2. The number of phenols is 4. The number of rotatable bonds is 12. The predicted molar refractivity (Wildman–Crippen MR) is 157 cm³/mol. The Morgan fingerprint density at radius 1 is 0.694 bits per heavy atom. The number of aliphatic hydroxyl groups is 1. The minimum absolute atomic E-state index is 0.0550. The van der Waals surface area contributed by atoms with Crippen LogP contribution in [-0.4, -0.2) is 80.5 Å². The molecule has 2 aromatic rings. The maximum atomic E-state index is 13.3. The number of carbonyl (C=O) groups excluding carboxylic acids is 1. The number of benzene rings is 2. The highest BCUT2D eigenvalue weighted by Crippen LogP contribution is 2.53. The first-order valence-corrected chi connectivity index (χ1v) is 13.8. The molecule has 1 atom stereocenters. The lowest BCUT2D eigenvalue weighted by Crippen LogP contribution is -2.32. The van der Waals surface area contributed by atoms with Crippen LogP contribution in [0.3, 0.4) is 0 Å². The number of aromatic hydroxyl groups is 4. The summed E-state index contributed by atoms with van der Waals surface area (Å²) in [7, 11) is 0. The molecular formula is C24H30N2O6S4. The van der Waals surface area contributed by atoms with Crippen LogP contribution in [0.5, 0.6) is 23.0 Å².